The van der Waals surface area contributed by atoms with Crippen LogP contribution < -0.4 is 5.32 Å². The van der Waals surface area contributed by atoms with E-state index in [2.05, 4.69) is 5.32 Å². The first kappa shape index (κ1) is 10.5. The van der Waals surface area contributed by atoms with E-state index in [1.807, 2.05) is 6.92 Å². The first-order valence-corrected chi connectivity index (χ1v) is 4.55. The van der Waals surface area contributed by atoms with E-state index in [0.717, 1.165) is 18.2 Å². The molecule has 0 aliphatic heterocycles. The predicted octanol–water partition coefficient (Wildman–Crippen LogP) is 1.14. The highest BCUT2D eigenvalue weighted by Crippen LogP contribution is 1.97. The molecule has 1 amide bonds. The van der Waals surface area contributed by atoms with Gasteiger partial charge in [0.05, 0.1) is 5.88 Å². The summed E-state index contributed by atoms with van der Waals surface area (Å²) in [6.45, 7) is 3.42. The Labute approximate surface area is 70.9 Å². The van der Waals surface area contributed by atoms with Gasteiger partial charge < -0.3 is 5.32 Å². The van der Waals surface area contributed by atoms with Crippen molar-refractivity contribution in [3.8, 4) is 0 Å². The largest absolute Gasteiger partial charge is 0.347 e. The van der Waals surface area contributed by atoms with Crippen molar-refractivity contribution in [2.75, 3.05) is 5.88 Å². The van der Waals surface area contributed by atoms with Gasteiger partial charge in [-0.1, -0.05) is 18.7 Å². The normalized spacial score (nSPS) is 9.27. The van der Waals surface area contributed by atoms with Crippen LogP contribution in [0.5, 0.6) is 0 Å². The maximum atomic E-state index is 10.8. The standard InChI is InChI=1S/C7H13NO2S/c1-3-4-7(10)8-5-11-6(2)9/h3-5H2,1-2H3,(H,8,10). The lowest BCUT2D eigenvalue weighted by Crippen LogP contribution is -2.22. The zero-order valence-electron chi connectivity index (χ0n) is 6.85. The molecule has 0 radical (unpaired) electrons. The fraction of sp³-hybridized carbons (Fsp3) is 0.714. The monoisotopic (exact) mass is 175 g/mol. The predicted molar refractivity (Wildman–Crippen MR) is 46.2 cm³/mol. The van der Waals surface area contributed by atoms with E-state index in [0.29, 0.717) is 12.3 Å². The molecule has 0 aromatic rings. The van der Waals surface area contributed by atoms with Crippen molar-refractivity contribution < 1.29 is 9.59 Å². The molecule has 0 saturated heterocycles. The highest BCUT2D eigenvalue weighted by molar-refractivity contribution is 8.13. The third-order valence-corrected chi connectivity index (χ3v) is 1.72. The molecule has 0 atom stereocenters. The molecular formula is C7H13NO2S. The van der Waals surface area contributed by atoms with E-state index < -0.39 is 0 Å². The molecule has 0 fully saturated rings. The van der Waals surface area contributed by atoms with Gasteiger partial charge in [-0.3, -0.25) is 9.59 Å². The second-order valence-electron chi connectivity index (χ2n) is 2.13. The van der Waals surface area contributed by atoms with Crippen LogP contribution in [0.1, 0.15) is 26.7 Å². The summed E-state index contributed by atoms with van der Waals surface area (Å²) in [6.07, 6.45) is 1.38. The zero-order chi connectivity index (χ0) is 8.69. The average molecular weight is 175 g/mol. The molecule has 1 N–H and O–H groups in total. The molecule has 0 aliphatic carbocycles. The van der Waals surface area contributed by atoms with Crippen LogP contribution in [0.3, 0.4) is 0 Å². The minimum absolute atomic E-state index is 0.0150. The van der Waals surface area contributed by atoms with Crippen LogP contribution in [0, 0.1) is 0 Å². The topological polar surface area (TPSA) is 46.2 Å². The zero-order valence-corrected chi connectivity index (χ0v) is 7.66. The number of hydrogen-bond acceptors (Lipinski definition) is 3. The first-order valence-electron chi connectivity index (χ1n) is 3.57. The lowest BCUT2D eigenvalue weighted by atomic mass is 10.3. The van der Waals surface area contributed by atoms with Gasteiger partial charge in [-0.2, -0.15) is 0 Å². The smallest absolute Gasteiger partial charge is 0.220 e. The van der Waals surface area contributed by atoms with Crippen molar-refractivity contribution in [3.05, 3.63) is 0 Å². The second kappa shape index (κ2) is 6.22. The summed E-state index contributed by atoms with van der Waals surface area (Å²) in [6, 6.07) is 0. The second-order valence-corrected chi connectivity index (χ2v) is 3.28. The van der Waals surface area contributed by atoms with Gasteiger partial charge in [0.25, 0.3) is 0 Å². The molecule has 0 heterocycles. The van der Waals surface area contributed by atoms with Gasteiger partial charge in [0, 0.05) is 13.3 Å². The Morgan fingerprint density at radius 3 is 2.55 bits per heavy atom. The maximum absolute atomic E-state index is 10.8. The summed E-state index contributed by atoms with van der Waals surface area (Å²) < 4.78 is 0. The highest BCUT2D eigenvalue weighted by atomic mass is 32.2. The van der Waals surface area contributed by atoms with Crippen molar-refractivity contribution >= 4 is 22.8 Å². The van der Waals surface area contributed by atoms with Crippen molar-refractivity contribution in [1.29, 1.82) is 0 Å². The third kappa shape index (κ3) is 7.39. The summed E-state index contributed by atoms with van der Waals surface area (Å²) in [4.78, 5) is 21.2. The Bertz CT molecular complexity index is 147. The molecule has 11 heavy (non-hydrogen) atoms. The minimum Gasteiger partial charge on any atom is -0.347 e. The molecule has 0 aliphatic rings. The van der Waals surface area contributed by atoms with Gasteiger partial charge >= 0.3 is 0 Å². The van der Waals surface area contributed by atoms with Gasteiger partial charge in [-0.15, -0.1) is 0 Å². The summed E-state index contributed by atoms with van der Waals surface area (Å²) in [7, 11) is 0. The fourth-order valence-electron chi connectivity index (χ4n) is 0.534. The molecule has 0 unspecified atom stereocenters. The number of hydrogen-bond donors (Lipinski definition) is 1. The minimum atomic E-state index is 0.0150. The van der Waals surface area contributed by atoms with Crippen LogP contribution >= 0.6 is 11.8 Å². The average Bonchev–Trinajstić information content (AvgIpc) is 1.87. The van der Waals surface area contributed by atoms with Crippen molar-refractivity contribution in [2.45, 2.75) is 26.7 Å². The molecule has 0 saturated carbocycles. The third-order valence-electron chi connectivity index (χ3n) is 1.02. The summed E-state index contributed by atoms with van der Waals surface area (Å²) >= 11 is 1.11. The van der Waals surface area contributed by atoms with E-state index in [1.165, 1.54) is 6.92 Å². The summed E-state index contributed by atoms with van der Waals surface area (Å²) in [5, 5.41) is 2.65. The van der Waals surface area contributed by atoms with Gasteiger partial charge in [0.1, 0.15) is 0 Å². The number of rotatable bonds is 4. The highest BCUT2D eigenvalue weighted by Gasteiger charge is 1.98. The Hall–Kier alpha value is -0.510. The lowest BCUT2D eigenvalue weighted by Gasteiger charge is -2.00. The summed E-state index contributed by atoms with van der Waals surface area (Å²) in [5.74, 6) is 0.412. The number of carbonyl (C=O) groups is 2. The quantitative estimate of drug-likeness (QED) is 0.652. The van der Waals surface area contributed by atoms with Crippen molar-refractivity contribution in [2.24, 2.45) is 0 Å². The van der Waals surface area contributed by atoms with Crippen LogP contribution in [-0.2, 0) is 9.59 Å². The van der Waals surface area contributed by atoms with E-state index in [4.69, 9.17) is 0 Å². The van der Waals surface area contributed by atoms with Crippen molar-refractivity contribution in [3.63, 3.8) is 0 Å². The van der Waals surface area contributed by atoms with Gasteiger partial charge in [-0.05, 0) is 6.42 Å². The SMILES string of the molecule is CCCC(=O)NCSC(C)=O. The molecule has 4 heteroatoms. The molecule has 0 bridgehead atoms. The number of thioether (sulfide) groups is 1. The Morgan fingerprint density at radius 1 is 1.45 bits per heavy atom. The molecule has 3 nitrogen and oxygen atoms in total. The summed E-state index contributed by atoms with van der Waals surface area (Å²) in [5.41, 5.74) is 0. The Kier molecular flexibility index (Phi) is 5.93. The Morgan fingerprint density at radius 2 is 2.09 bits per heavy atom. The van der Waals surface area contributed by atoms with Crippen LogP contribution in [-0.4, -0.2) is 16.9 Å². The van der Waals surface area contributed by atoms with Crippen LogP contribution in [0.4, 0.5) is 0 Å². The van der Waals surface area contributed by atoms with Crippen LogP contribution in [0.15, 0.2) is 0 Å². The van der Waals surface area contributed by atoms with Gasteiger partial charge in [0.15, 0.2) is 5.12 Å². The van der Waals surface area contributed by atoms with Crippen LogP contribution in [0.25, 0.3) is 0 Å². The lowest BCUT2D eigenvalue weighted by molar-refractivity contribution is -0.120. The number of nitrogens with one attached hydrogen (secondary N) is 1. The van der Waals surface area contributed by atoms with E-state index >= 15 is 0 Å². The molecule has 0 rings (SSSR count). The molecular weight excluding hydrogens is 162 g/mol. The fourth-order valence-corrected chi connectivity index (χ4v) is 0.970. The Balaban J connectivity index is 3.24. The van der Waals surface area contributed by atoms with Crippen molar-refractivity contribution in [1.82, 2.24) is 5.32 Å². The molecule has 0 spiro atoms. The molecule has 64 valence electrons. The van der Waals surface area contributed by atoms with E-state index in [-0.39, 0.29) is 11.0 Å². The number of carbonyl (C=O) groups excluding carboxylic acids is 2. The maximum Gasteiger partial charge on any atom is 0.220 e. The van der Waals surface area contributed by atoms with Gasteiger partial charge in [0.2, 0.25) is 5.91 Å². The first-order chi connectivity index (χ1) is 5.16. The van der Waals surface area contributed by atoms with Crippen LogP contribution in [0.2, 0.25) is 0 Å². The molecule has 0 aromatic carbocycles. The van der Waals surface area contributed by atoms with E-state index in [1.54, 1.807) is 0 Å². The van der Waals surface area contributed by atoms with E-state index in [9.17, 15) is 9.59 Å². The molecule has 0 aromatic heterocycles. The number of amides is 1. The van der Waals surface area contributed by atoms with Gasteiger partial charge in [-0.25, -0.2) is 0 Å².